The summed E-state index contributed by atoms with van der Waals surface area (Å²) in [6.07, 6.45) is 4.87. The first-order valence-electron chi connectivity index (χ1n) is 8.56. The second-order valence-electron chi connectivity index (χ2n) is 7.45. The van der Waals surface area contributed by atoms with Crippen molar-refractivity contribution in [2.45, 2.75) is 45.7 Å². The van der Waals surface area contributed by atoms with E-state index in [4.69, 9.17) is 0 Å². The molecule has 2 aliphatic rings. The molecule has 1 aliphatic carbocycles. The summed E-state index contributed by atoms with van der Waals surface area (Å²) in [6.45, 7) is 6.67. The van der Waals surface area contributed by atoms with Crippen LogP contribution in [-0.4, -0.2) is 47.1 Å². The molecule has 1 aliphatic heterocycles. The highest BCUT2D eigenvalue weighted by Gasteiger charge is 2.54. The fourth-order valence-electron chi connectivity index (χ4n) is 4.10. The Hall–Kier alpha value is -1.62. The Morgan fingerprint density at radius 2 is 2.30 bits per heavy atom. The van der Waals surface area contributed by atoms with Crippen molar-refractivity contribution in [1.29, 1.82) is 0 Å². The normalized spacial score (nSPS) is 27.4. The first kappa shape index (κ1) is 16.2. The van der Waals surface area contributed by atoms with Gasteiger partial charge in [0.1, 0.15) is 5.82 Å². The molecule has 2 heterocycles. The zero-order valence-corrected chi connectivity index (χ0v) is 14.3. The Morgan fingerprint density at radius 1 is 1.52 bits per heavy atom. The van der Waals surface area contributed by atoms with Crippen LogP contribution in [0.5, 0.6) is 0 Å². The number of aromatic nitrogens is 1. The lowest BCUT2D eigenvalue weighted by molar-refractivity contribution is -0.149. The summed E-state index contributed by atoms with van der Waals surface area (Å²) >= 11 is 0. The summed E-state index contributed by atoms with van der Waals surface area (Å²) < 4.78 is 0. The van der Waals surface area contributed by atoms with Crippen LogP contribution in [0.2, 0.25) is 0 Å². The Balaban J connectivity index is 1.66. The lowest BCUT2D eigenvalue weighted by atomic mass is 9.81. The quantitative estimate of drug-likeness (QED) is 0.904. The summed E-state index contributed by atoms with van der Waals surface area (Å²) in [5.74, 6) is 0.692. The molecule has 3 rings (SSSR count). The molecule has 1 aromatic heterocycles. The lowest BCUT2D eigenvalue weighted by Crippen LogP contribution is -2.35. The van der Waals surface area contributed by atoms with Crippen molar-refractivity contribution >= 4 is 11.8 Å². The highest BCUT2D eigenvalue weighted by atomic mass is 16.4. The molecule has 0 radical (unpaired) electrons. The van der Waals surface area contributed by atoms with E-state index in [-0.39, 0.29) is 0 Å². The number of hydrogen-bond donors (Lipinski definition) is 1. The highest BCUT2D eigenvalue weighted by molar-refractivity contribution is 5.76. The minimum absolute atomic E-state index is 0.319. The van der Waals surface area contributed by atoms with Gasteiger partial charge in [-0.2, -0.15) is 0 Å². The number of pyridine rings is 1. The number of carbonyl (C=O) groups is 1. The van der Waals surface area contributed by atoms with Crippen LogP contribution in [0.3, 0.4) is 0 Å². The van der Waals surface area contributed by atoms with Crippen molar-refractivity contribution in [3.05, 3.63) is 23.9 Å². The third-order valence-electron chi connectivity index (χ3n) is 5.72. The van der Waals surface area contributed by atoms with Crippen LogP contribution in [0.15, 0.2) is 18.3 Å². The van der Waals surface area contributed by atoms with Crippen molar-refractivity contribution in [2.24, 2.45) is 11.3 Å². The second-order valence-corrected chi connectivity index (χ2v) is 7.45. The zero-order valence-electron chi connectivity index (χ0n) is 14.3. The van der Waals surface area contributed by atoms with Gasteiger partial charge in [0.2, 0.25) is 0 Å². The third-order valence-corrected chi connectivity index (χ3v) is 5.72. The monoisotopic (exact) mass is 317 g/mol. The fourth-order valence-corrected chi connectivity index (χ4v) is 4.10. The van der Waals surface area contributed by atoms with E-state index >= 15 is 0 Å². The van der Waals surface area contributed by atoms with E-state index in [0.717, 1.165) is 43.7 Å². The summed E-state index contributed by atoms with van der Waals surface area (Å²) in [5, 5.41) is 9.66. The molecule has 0 aromatic carbocycles. The maximum Gasteiger partial charge on any atom is 0.311 e. The summed E-state index contributed by atoms with van der Waals surface area (Å²) in [4.78, 5) is 20.7. The van der Waals surface area contributed by atoms with Gasteiger partial charge in [0.05, 0.1) is 5.41 Å². The van der Waals surface area contributed by atoms with Gasteiger partial charge in [0, 0.05) is 38.9 Å². The number of fused-ring (bicyclic) bond motifs is 1. The number of carboxylic acids is 1. The van der Waals surface area contributed by atoms with Gasteiger partial charge in [0.15, 0.2) is 0 Å². The molecule has 23 heavy (non-hydrogen) atoms. The highest BCUT2D eigenvalue weighted by Crippen LogP contribution is 2.49. The predicted octanol–water partition coefficient (Wildman–Crippen LogP) is 2.61. The van der Waals surface area contributed by atoms with Crippen LogP contribution in [0.4, 0.5) is 5.82 Å². The van der Waals surface area contributed by atoms with E-state index in [1.165, 1.54) is 0 Å². The number of rotatable bonds is 5. The van der Waals surface area contributed by atoms with Gasteiger partial charge in [-0.15, -0.1) is 0 Å². The Labute approximate surface area is 138 Å². The smallest absolute Gasteiger partial charge is 0.311 e. The summed E-state index contributed by atoms with van der Waals surface area (Å²) in [5.41, 5.74) is 0.664. The number of hydrogen-bond acceptors (Lipinski definition) is 4. The largest absolute Gasteiger partial charge is 0.481 e. The molecule has 0 bridgehead atoms. The maximum absolute atomic E-state index is 11.7. The Morgan fingerprint density at radius 3 is 2.87 bits per heavy atom. The molecule has 1 saturated heterocycles. The molecule has 5 nitrogen and oxygen atoms in total. The van der Waals surface area contributed by atoms with Crippen LogP contribution in [-0.2, 0) is 11.3 Å². The topological polar surface area (TPSA) is 56.7 Å². The Bertz CT molecular complexity index is 572. The molecule has 0 unspecified atom stereocenters. The van der Waals surface area contributed by atoms with Gasteiger partial charge in [-0.25, -0.2) is 4.98 Å². The molecule has 2 fully saturated rings. The van der Waals surface area contributed by atoms with E-state index in [0.29, 0.717) is 18.5 Å². The van der Waals surface area contributed by atoms with Gasteiger partial charge in [-0.05, 0) is 44.2 Å². The molecular weight excluding hydrogens is 290 g/mol. The van der Waals surface area contributed by atoms with Crippen molar-refractivity contribution in [2.75, 3.05) is 25.0 Å². The summed E-state index contributed by atoms with van der Waals surface area (Å²) in [7, 11) is 2.05. The van der Waals surface area contributed by atoms with Crippen LogP contribution in [0.1, 0.15) is 38.7 Å². The van der Waals surface area contributed by atoms with Crippen molar-refractivity contribution < 1.29 is 9.90 Å². The third kappa shape index (κ3) is 2.94. The minimum Gasteiger partial charge on any atom is -0.481 e. The van der Waals surface area contributed by atoms with Crippen LogP contribution in [0, 0.1) is 11.3 Å². The van der Waals surface area contributed by atoms with E-state index < -0.39 is 11.4 Å². The molecule has 2 atom stereocenters. The van der Waals surface area contributed by atoms with Gasteiger partial charge in [-0.1, -0.05) is 12.5 Å². The SMILES string of the molecule is CC(C)N(C)c1ccc(CN2C[C@@H]3CCC[C@@]3(C(=O)O)C2)cn1. The van der Waals surface area contributed by atoms with E-state index in [1.807, 2.05) is 13.2 Å². The first-order valence-corrected chi connectivity index (χ1v) is 8.56. The van der Waals surface area contributed by atoms with E-state index in [9.17, 15) is 9.90 Å². The molecule has 126 valence electrons. The van der Waals surface area contributed by atoms with Crippen LogP contribution in [0.25, 0.3) is 0 Å². The van der Waals surface area contributed by atoms with E-state index in [2.05, 4.69) is 40.8 Å². The molecule has 1 saturated carbocycles. The average molecular weight is 317 g/mol. The molecule has 0 spiro atoms. The van der Waals surface area contributed by atoms with Gasteiger partial charge < -0.3 is 10.0 Å². The predicted molar refractivity (Wildman–Crippen MR) is 90.5 cm³/mol. The minimum atomic E-state index is -0.602. The van der Waals surface area contributed by atoms with E-state index in [1.54, 1.807) is 0 Å². The number of anilines is 1. The molecular formula is C18H27N3O2. The standard InChI is InChI=1S/C18H27N3O2/c1-13(2)20(3)16-7-6-14(9-19-16)10-21-11-15-5-4-8-18(15,12-21)17(22)23/h6-7,9,13,15H,4-5,8,10-12H2,1-3H3,(H,22,23)/t15-,18+/m0/s1. The number of likely N-dealkylation sites (tertiary alicyclic amines) is 1. The molecule has 1 aromatic rings. The first-order chi connectivity index (χ1) is 10.9. The number of carboxylic acid groups (broad SMARTS) is 1. The maximum atomic E-state index is 11.7. The number of aliphatic carboxylic acids is 1. The van der Waals surface area contributed by atoms with Gasteiger partial charge in [0.25, 0.3) is 0 Å². The van der Waals surface area contributed by atoms with Gasteiger partial charge in [-0.3, -0.25) is 9.69 Å². The van der Waals surface area contributed by atoms with Crippen molar-refractivity contribution in [1.82, 2.24) is 9.88 Å². The lowest BCUT2D eigenvalue weighted by Gasteiger charge is -2.24. The fraction of sp³-hybridized carbons (Fsp3) is 0.667. The van der Waals surface area contributed by atoms with Gasteiger partial charge >= 0.3 is 5.97 Å². The molecule has 5 heteroatoms. The van der Waals surface area contributed by atoms with Crippen molar-refractivity contribution in [3.8, 4) is 0 Å². The summed E-state index contributed by atoms with van der Waals surface area (Å²) in [6, 6.07) is 4.59. The average Bonchev–Trinajstić information content (AvgIpc) is 3.05. The Kier molecular flexibility index (Phi) is 4.32. The number of nitrogens with zero attached hydrogens (tertiary/aromatic N) is 3. The zero-order chi connectivity index (χ0) is 16.6. The van der Waals surface area contributed by atoms with Crippen LogP contribution >= 0.6 is 0 Å². The van der Waals surface area contributed by atoms with Crippen molar-refractivity contribution in [3.63, 3.8) is 0 Å². The molecule has 0 amide bonds. The van der Waals surface area contributed by atoms with Crippen LogP contribution < -0.4 is 4.90 Å². The molecule has 1 N–H and O–H groups in total. The second kappa shape index (κ2) is 6.11.